The molecule has 0 unspecified atom stereocenters. The molecule has 9 heterocycles. The van der Waals surface area contributed by atoms with Gasteiger partial charge in [-0.25, -0.2) is 37.3 Å². The van der Waals surface area contributed by atoms with Crippen LogP contribution in [0.15, 0.2) is 146 Å². The molecule has 6 fully saturated rings. The van der Waals surface area contributed by atoms with Gasteiger partial charge >= 0.3 is 18.0 Å². The monoisotopic (exact) mass is 1910 g/mol. The van der Waals surface area contributed by atoms with Crippen molar-refractivity contribution in [2.45, 2.75) is 133 Å². The molecule has 0 bridgehead atoms. The van der Waals surface area contributed by atoms with Crippen molar-refractivity contribution in [1.82, 2.24) is 44.6 Å². The van der Waals surface area contributed by atoms with Crippen molar-refractivity contribution in [3.63, 3.8) is 0 Å². The van der Waals surface area contributed by atoms with Gasteiger partial charge in [-0.1, -0.05) is 109 Å². The number of allylic oxidation sites excluding steroid dienone is 1. The van der Waals surface area contributed by atoms with Crippen molar-refractivity contribution < 1.29 is 60.4 Å². The molecule has 3 aromatic heterocycles. The summed E-state index contributed by atoms with van der Waals surface area (Å²) < 4.78 is 90.6. The zero-order chi connectivity index (χ0) is 90.3. The number of anilines is 6. The Morgan fingerprint density at radius 2 is 0.752 bits per heavy atom. The smallest absolute Gasteiger partial charge is 0.318 e. The molecule has 3 saturated heterocycles. The van der Waals surface area contributed by atoms with Crippen molar-refractivity contribution in [1.29, 1.82) is 0 Å². The Kier molecular flexibility index (Phi) is 34.9. The highest BCUT2D eigenvalue weighted by Gasteiger charge is 2.41. The fourth-order valence-corrected chi connectivity index (χ4v) is 18.4. The Morgan fingerprint density at radius 3 is 1.09 bits per heavy atom. The van der Waals surface area contributed by atoms with Crippen LogP contribution in [0.2, 0.25) is 10.0 Å². The number of carbonyl (C=O) groups is 3. The van der Waals surface area contributed by atoms with Crippen molar-refractivity contribution >= 4 is 148 Å². The number of alkyl halides is 1. The molecular weight excluding hydrogens is 1800 g/mol. The Morgan fingerprint density at radius 1 is 0.429 bits per heavy atom. The minimum Gasteiger partial charge on any atom is -0.463 e. The maximum absolute atomic E-state index is 15.0. The molecule has 3 amide bonds. The van der Waals surface area contributed by atoms with Crippen LogP contribution in [-0.2, 0) is 67.5 Å². The number of fused-ring (bicyclic) bond motifs is 6. The van der Waals surface area contributed by atoms with Gasteiger partial charge in [0.05, 0.1) is 105 Å². The lowest BCUT2D eigenvalue weighted by Crippen LogP contribution is -2.57. The average Bonchev–Trinajstić information content (AvgIpc) is 1.51. The zero-order valence-corrected chi connectivity index (χ0v) is 78.6. The zero-order valence-electron chi connectivity index (χ0n) is 74.1. The van der Waals surface area contributed by atoms with Crippen molar-refractivity contribution in [3.8, 4) is 18.0 Å². The summed E-state index contributed by atoms with van der Waals surface area (Å²) in [5, 5.41) is 7.01. The molecular formula is C97H110Cl2F4N18O9S3. The molecule has 702 valence electrons. The molecule has 9 aromatic rings. The van der Waals surface area contributed by atoms with Crippen LogP contribution >= 0.6 is 63.7 Å². The Balaban J connectivity index is 0.000000167. The summed E-state index contributed by atoms with van der Waals surface area (Å²) >= 11 is 13.3. The number of piperazine rings is 3. The van der Waals surface area contributed by atoms with Crippen LogP contribution in [-0.4, -0.2) is 243 Å². The first-order valence-corrected chi connectivity index (χ1v) is 45.4. The lowest BCUT2D eigenvalue weighted by atomic mass is 10.0. The van der Waals surface area contributed by atoms with Gasteiger partial charge in [0.1, 0.15) is 48.1 Å². The van der Waals surface area contributed by atoms with Crippen LogP contribution in [0, 0.1) is 25.5 Å². The number of ether oxygens (including phenoxy) is 6. The molecule has 6 aliphatic heterocycles. The van der Waals surface area contributed by atoms with Crippen LogP contribution in [0.4, 0.5) is 52.1 Å². The minimum atomic E-state index is -1.03. The lowest BCUT2D eigenvalue weighted by Gasteiger charge is -2.41. The lowest BCUT2D eigenvalue weighted by molar-refractivity contribution is -0.131. The van der Waals surface area contributed by atoms with Gasteiger partial charge in [-0.3, -0.25) is 14.4 Å². The summed E-state index contributed by atoms with van der Waals surface area (Å²) in [7, 11) is 0. The van der Waals surface area contributed by atoms with E-state index in [1.165, 1.54) is 28.0 Å². The van der Waals surface area contributed by atoms with E-state index in [1.54, 1.807) is 11.0 Å². The van der Waals surface area contributed by atoms with E-state index < -0.39 is 42.2 Å². The number of carbonyl (C=O) groups excluding carboxylic acids is 3. The maximum Gasteiger partial charge on any atom is 0.318 e. The molecule has 9 aliphatic rings. The number of halogens is 6. The second-order valence-electron chi connectivity index (χ2n) is 33.7. The van der Waals surface area contributed by atoms with Gasteiger partial charge in [0.25, 0.3) is 11.8 Å². The summed E-state index contributed by atoms with van der Waals surface area (Å²) in [5.41, 5.74) is 8.47. The van der Waals surface area contributed by atoms with Crippen molar-refractivity contribution in [2.75, 3.05) is 174 Å². The molecule has 0 radical (unpaired) electrons. The summed E-state index contributed by atoms with van der Waals surface area (Å²) in [6, 6.07) is 34.6. The molecule has 27 nitrogen and oxygen atoms in total. The molecule has 0 spiro atoms. The van der Waals surface area contributed by atoms with E-state index in [2.05, 4.69) is 88.6 Å². The predicted molar refractivity (Wildman–Crippen MR) is 524 cm³/mol. The van der Waals surface area contributed by atoms with Gasteiger partial charge in [0.15, 0.2) is 11.7 Å². The summed E-state index contributed by atoms with van der Waals surface area (Å²) in [5.74, 6) is -1.92. The normalized spacial score (nSPS) is 18.0. The molecule has 36 heteroatoms. The summed E-state index contributed by atoms with van der Waals surface area (Å²) in [4.78, 5) is 94.9. The van der Waals surface area contributed by atoms with Gasteiger partial charge in [-0.05, 0) is 116 Å². The molecule has 133 heavy (non-hydrogen) atoms. The van der Waals surface area contributed by atoms with E-state index in [0.29, 0.717) is 183 Å². The SMILES string of the molecule is S.S.S.[C-]#[N+]C[C@H]1CN(c2nc(OCCCOC3CC3)nc3c2CCN(c2cccc4cccc(Cl)c24)C3)CCN1C(=O)/C=C/CF.[C-]#[N+]C[C@H]1CN(c2nc(OCCCOC3CC3)nc3c2CCN(c2cccc4cccc(Cl)c24)C3)CCN1C(=O)C(=C)F.[C-]#[N+]C[C@H]1CN(c2nc(OCCCOC3CC3)nc3c2CCN(c2cccc4cccc(F)c24)C3)CCN1C(=O)C(=C)F. The largest absolute Gasteiger partial charge is 0.463 e. The van der Waals surface area contributed by atoms with Crippen LogP contribution in [0.5, 0.6) is 18.0 Å². The average molecular weight is 1920 g/mol. The molecule has 0 N–H and O–H groups in total. The third-order valence-electron chi connectivity index (χ3n) is 24.7. The van der Waals surface area contributed by atoms with E-state index >= 15 is 0 Å². The third-order valence-corrected chi connectivity index (χ3v) is 25.3. The van der Waals surface area contributed by atoms with Gasteiger partial charge in [0.2, 0.25) is 25.5 Å². The highest BCUT2D eigenvalue weighted by Crippen LogP contribution is 2.43. The van der Waals surface area contributed by atoms with Crippen molar-refractivity contribution in [3.05, 3.63) is 230 Å². The van der Waals surface area contributed by atoms with Crippen LogP contribution in [0.25, 0.3) is 46.9 Å². The molecule has 3 aliphatic carbocycles. The van der Waals surface area contributed by atoms with Gasteiger partial charge in [0, 0.05) is 154 Å². The van der Waals surface area contributed by atoms with E-state index in [4.69, 9.17) is 101 Å². The highest BCUT2D eigenvalue weighted by molar-refractivity contribution is 7.59. The maximum atomic E-state index is 15.0. The van der Waals surface area contributed by atoms with Gasteiger partial charge in [-0.2, -0.15) is 70.4 Å². The minimum absolute atomic E-state index is 0. The number of aromatic nitrogens is 6. The first kappa shape index (κ1) is 99.3. The van der Waals surface area contributed by atoms with E-state index in [1.807, 2.05) is 65.6 Å². The van der Waals surface area contributed by atoms with E-state index in [0.717, 1.165) is 154 Å². The molecule has 18 rings (SSSR count). The molecule has 3 saturated carbocycles. The number of benzene rings is 6. The third kappa shape index (κ3) is 24.3. The number of amides is 3. The van der Waals surface area contributed by atoms with Crippen LogP contribution in [0.1, 0.15) is 91.6 Å². The highest BCUT2D eigenvalue weighted by atomic mass is 35.5. The van der Waals surface area contributed by atoms with E-state index in [-0.39, 0.29) is 103 Å². The number of hydrogen-bond acceptors (Lipinski definition) is 21. The fourth-order valence-electron chi connectivity index (χ4n) is 17.8. The summed E-state index contributed by atoms with van der Waals surface area (Å²) in [6.07, 6.45) is 14.6. The number of rotatable bonds is 31. The second kappa shape index (κ2) is 46.7. The quantitative estimate of drug-likeness (QED) is 0.0170. The topological polar surface area (TPSA) is 226 Å². The predicted octanol–water partition coefficient (Wildman–Crippen LogP) is 15.5. The standard InChI is InChI=1S/C33H36ClFN6O3.C32H34ClFN6O3.C32H34F2N6O3.3H2S/c1-36-20-24-21-40(16-17-41(24)30(42)10-4-14-35)32-26-13-15-39(29-9-3-7-23-6-2-8-27(34)31(23)29)22-28(26)37-33(38-32)44-19-5-18-43-25-11-12-25;1-21(34)31(41)40-15-14-39(19-23(40)18-35-2)30-25-12-13-38(28-9-4-7-22-6-3-8-26(33)29(22)28)20-27(25)36-32(37-30)43-17-5-16-42-24-10-11-24;1-21(33)31(41)40-15-14-39(19-23(40)18-35-2)30-25-12-13-38(28-9-4-7-22-6-3-8-26(34)29(22)28)20-27(25)36-32(37-30)43-17-5-16-42-24-10-11-24;;;/h2-4,6-10,24-25H,5,11-22H2;2*3-4,6-9,23-24H,1,5,10-20H2;3*1H2/b10-4+;;;;;/t24-;2*23-;;;/m000.../s1. The Bertz CT molecular complexity index is 5600. The van der Waals surface area contributed by atoms with Crippen LogP contribution in [0.3, 0.4) is 0 Å². The summed E-state index contributed by atoms with van der Waals surface area (Å²) in [6.45, 7) is 38.4. The van der Waals surface area contributed by atoms with Gasteiger partial charge < -0.3 is 87.1 Å². The first-order valence-electron chi connectivity index (χ1n) is 44.7. The Labute approximate surface area is 803 Å². The fraction of sp³-hybridized carbons (Fsp3) is 0.443. The second-order valence-corrected chi connectivity index (χ2v) is 34.5. The Hall–Kier alpha value is -11.1. The van der Waals surface area contributed by atoms with Crippen molar-refractivity contribution in [2.24, 2.45) is 0 Å². The van der Waals surface area contributed by atoms with Crippen LogP contribution < -0.4 is 43.6 Å². The molecule has 6 aromatic carbocycles. The van der Waals surface area contributed by atoms with E-state index in [9.17, 15) is 31.9 Å². The number of nitrogens with zero attached hydrogens (tertiary/aromatic N) is 18. The van der Waals surface area contributed by atoms with Gasteiger partial charge in [-0.15, -0.1) is 0 Å². The first-order chi connectivity index (χ1) is 63.4. The molecule has 3 atom stereocenters. The number of hydrogen-bond donors (Lipinski definition) is 0.